The molecular weight excluding hydrogens is 198 g/mol. The lowest BCUT2D eigenvalue weighted by molar-refractivity contribution is 0.337. The molecule has 1 atom stereocenters. The summed E-state index contributed by atoms with van der Waals surface area (Å²) in [5.74, 6) is 0.947. The van der Waals surface area contributed by atoms with E-state index in [4.69, 9.17) is 4.74 Å². The fourth-order valence-corrected chi connectivity index (χ4v) is 1.77. The highest BCUT2D eigenvalue weighted by atomic mass is 16.5. The van der Waals surface area contributed by atoms with Crippen molar-refractivity contribution in [2.45, 2.75) is 46.2 Å². The van der Waals surface area contributed by atoms with E-state index in [2.05, 4.69) is 45.1 Å². The van der Waals surface area contributed by atoms with Gasteiger partial charge in [0.15, 0.2) is 0 Å². The van der Waals surface area contributed by atoms with Crippen LogP contribution in [0, 0.1) is 0 Å². The molecule has 0 fully saturated rings. The van der Waals surface area contributed by atoms with Gasteiger partial charge >= 0.3 is 0 Å². The average Bonchev–Trinajstić information content (AvgIpc) is 2.16. The Hall–Kier alpha value is -1.02. The largest absolute Gasteiger partial charge is 0.494 e. The summed E-state index contributed by atoms with van der Waals surface area (Å²) in [6, 6.07) is 8.61. The first-order chi connectivity index (χ1) is 7.42. The molecule has 0 saturated heterocycles. The molecular formula is C14H23NO. The molecule has 1 aromatic carbocycles. The second-order valence-electron chi connectivity index (χ2n) is 5.12. The van der Waals surface area contributed by atoms with Crippen molar-refractivity contribution in [3.8, 4) is 5.75 Å². The van der Waals surface area contributed by atoms with Crippen molar-refractivity contribution in [3.63, 3.8) is 0 Å². The van der Waals surface area contributed by atoms with Crippen LogP contribution < -0.4 is 10.1 Å². The quantitative estimate of drug-likeness (QED) is 0.839. The van der Waals surface area contributed by atoms with Crippen LogP contribution >= 0.6 is 0 Å². The summed E-state index contributed by atoms with van der Waals surface area (Å²) < 4.78 is 5.50. The van der Waals surface area contributed by atoms with Crippen molar-refractivity contribution in [2.75, 3.05) is 6.61 Å². The highest BCUT2D eigenvalue weighted by molar-refractivity contribution is 5.30. The van der Waals surface area contributed by atoms with Crippen molar-refractivity contribution < 1.29 is 4.74 Å². The number of nitrogens with one attached hydrogen (secondary N) is 1. The predicted octanol–water partition coefficient (Wildman–Crippen LogP) is 3.53. The molecule has 0 aliphatic rings. The Labute approximate surface area is 99.0 Å². The van der Waals surface area contributed by atoms with E-state index in [9.17, 15) is 0 Å². The molecule has 16 heavy (non-hydrogen) atoms. The van der Waals surface area contributed by atoms with Crippen LogP contribution in [0.15, 0.2) is 24.3 Å². The Morgan fingerprint density at radius 2 is 2.00 bits per heavy atom. The summed E-state index contributed by atoms with van der Waals surface area (Å²) >= 11 is 0. The molecule has 0 saturated carbocycles. The smallest absolute Gasteiger partial charge is 0.119 e. The van der Waals surface area contributed by atoms with Gasteiger partial charge in [-0.2, -0.15) is 0 Å². The van der Waals surface area contributed by atoms with Crippen LogP contribution in [0.3, 0.4) is 0 Å². The Bertz CT molecular complexity index is 328. The van der Waals surface area contributed by atoms with Crippen LogP contribution in [0.1, 0.15) is 46.2 Å². The van der Waals surface area contributed by atoms with E-state index >= 15 is 0 Å². The lowest BCUT2D eigenvalue weighted by Crippen LogP contribution is -2.37. The van der Waals surface area contributed by atoms with E-state index in [-0.39, 0.29) is 5.54 Å². The van der Waals surface area contributed by atoms with Gasteiger partial charge < -0.3 is 10.1 Å². The molecule has 1 unspecified atom stereocenters. The molecule has 1 rings (SSSR count). The monoisotopic (exact) mass is 221 g/mol. The zero-order valence-corrected chi connectivity index (χ0v) is 11.0. The van der Waals surface area contributed by atoms with Crippen LogP contribution in [0.4, 0.5) is 0 Å². The summed E-state index contributed by atoms with van der Waals surface area (Å²) in [5, 5.41) is 3.55. The minimum absolute atomic E-state index is 0.126. The van der Waals surface area contributed by atoms with Gasteiger partial charge in [0.1, 0.15) is 5.75 Å². The topological polar surface area (TPSA) is 21.3 Å². The minimum Gasteiger partial charge on any atom is -0.494 e. The van der Waals surface area contributed by atoms with E-state index in [1.54, 1.807) is 0 Å². The first-order valence-electron chi connectivity index (χ1n) is 5.93. The number of hydrogen-bond donors (Lipinski definition) is 1. The maximum Gasteiger partial charge on any atom is 0.119 e. The molecule has 0 aliphatic carbocycles. The summed E-state index contributed by atoms with van der Waals surface area (Å²) in [5.41, 5.74) is 1.39. The number of ether oxygens (including phenoxy) is 1. The van der Waals surface area contributed by atoms with Crippen molar-refractivity contribution in [3.05, 3.63) is 29.8 Å². The van der Waals surface area contributed by atoms with Gasteiger partial charge in [-0.05, 0) is 52.3 Å². The lowest BCUT2D eigenvalue weighted by atomic mass is 10.0. The summed E-state index contributed by atoms with van der Waals surface area (Å²) in [7, 11) is 0. The summed E-state index contributed by atoms with van der Waals surface area (Å²) in [4.78, 5) is 0. The van der Waals surface area contributed by atoms with Gasteiger partial charge in [-0.25, -0.2) is 0 Å². The number of benzene rings is 1. The molecule has 1 aromatic rings. The van der Waals surface area contributed by atoms with Gasteiger partial charge in [0.2, 0.25) is 0 Å². The first kappa shape index (κ1) is 13.0. The fraction of sp³-hybridized carbons (Fsp3) is 0.571. The van der Waals surface area contributed by atoms with E-state index in [0.717, 1.165) is 5.75 Å². The normalized spacial score (nSPS) is 13.6. The molecule has 0 radical (unpaired) electrons. The van der Waals surface area contributed by atoms with Crippen molar-refractivity contribution in [1.29, 1.82) is 0 Å². The average molecular weight is 221 g/mol. The van der Waals surface area contributed by atoms with Crippen LogP contribution in [0.5, 0.6) is 5.75 Å². The third kappa shape index (κ3) is 4.23. The SMILES string of the molecule is CCOc1cccc(C(C)NC(C)(C)C)c1. The van der Waals surface area contributed by atoms with Crippen LogP contribution in [0.25, 0.3) is 0 Å². The molecule has 1 N–H and O–H groups in total. The second-order valence-corrected chi connectivity index (χ2v) is 5.12. The Morgan fingerprint density at radius 3 is 2.56 bits per heavy atom. The Kier molecular flexibility index (Phi) is 4.36. The second kappa shape index (κ2) is 5.35. The van der Waals surface area contributed by atoms with Gasteiger partial charge in [0.25, 0.3) is 0 Å². The standard InChI is InChI=1S/C14H23NO/c1-6-16-13-9-7-8-12(10-13)11(2)15-14(3,4)5/h7-11,15H,6H2,1-5H3. The highest BCUT2D eigenvalue weighted by Crippen LogP contribution is 2.21. The predicted molar refractivity (Wildman–Crippen MR) is 68.9 cm³/mol. The molecule has 90 valence electrons. The molecule has 2 heteroatoms. The van der Waals surface area contributed by atoms with Crippen molar-refractivity contribution in [1.82, 2.24) is 5.32 Å². The van der Waals surface area contributed by atoms with Gasteiger partial charge in [-0.1, -0.05) is 12.1 Å². The molecule has 0 heterocycles. The number of rotatable bonds is 4. The minimum atomic E-state index is 0.126. The summed E-state index contributed by atoms with van der Waals surface area (Å²) in [6.07, 6.45) is 0. The Balaban J connectivity index is 2.75. The van der Waals surface area contributed by atoms with E-state index in [0.29, 0.717) is 12.6 Å². The third-order valence-corrected chi connectivity index (χ3v) is 2.32. The maximum atomic E-state index is 5.50. The molecule has 2 nitrogen and oxygen atoms in total. The molecule has 0 bridgehead atoms. The number of hydrogen-bond acceptors (Lipinski definition) is 2. The van der Waals surface area contributed by atoms with Gasteiger partial charge in [-0.15, -0.1) is 0 Å². The highest BCUT2D eigenvalue weighted by Gasteiger charge is 2.14. The lowest BCUT2D eigenvalue weighted by Gasteiger charge is -2.26. The van der Waals surface area contributed by atoms with Gasteiger partial charge in [-0.3, -0.25) is 0 Å². The van der Waals surface area contributed by atoms with Crippen LogP contribution in [-0.2, 0) is 0 Å². The van der Waals surface area contributed by atoms with Crippen LogP contribution in [-0.4, -0.2) is 12.1 Å². The van der Waals surface area contributed by atoms with Crippen molar-refractivity contribution in [2.24, 2.45) is 0 Å². The molecule has 0 spiro atoms. The Morgan fingerprint density at radius 1 is 1.31 bits per heavy atom. The first-order valence-corrected chi connectivity index (χ1v) is 5.93. The third-order valence-electron chi connectivity index (χ3n) is 2.32. The van der Waals surface area contributed by atoms with Crippen LogP contribution in [0.2, 0.25) is 0 Å². The zero-order chi connectivity index (χ0) is 12.2. The van der Waals surface area contributed by atoms with Gasteiger partial charge in [0.05, 0.1) is 6.61 Å². The molecule has 0 aromatic heterocycles. The van der Waals surface area contributed by atoms with E-state index in [1.807, 2.05) is 19.1 Å². The molecule has 0 aliphatic heterocycles. The van der Waals surface area contributed by atoms with E-state index in [1.165, 1.54) is 5.56 Å². The van der Waals surface area contributed by atoms with E-state index < -0.39 is 0 Å². The van der Waals surface area contributed by atoms with Gasteiger partial charge in [0, 0.05) is 11.6 Å². The maximum absolute atomic E-state index is 5.50. The molecule has 0 amide bonds. The zero-order valence-electron chi connectivity index (χ0n) is 11.0. The van der Waals surface area contributed by atoms with Crippen molar-refractivity contribution >= 4 is 0 Å². The fourth-order valence-electron chi connectivity index (χ4n) is 1.77. The summed E-state index contributed by atoms with van der Waals surface area (Å²) in [6.45, 7) is 11.4.